The van der Waals surface area contributed by atoms with Gasteiger partial charge in [-0.3, -0.25) is 9.59 Å². The molecule has 0 aliphatic carbocycles. The monoisotopic (exact) mass is 357 g/mol. The third-order valence-corrected chi connectivity index (χ3v) is 3.81. The molecule has 0 aliphatic rings. The molecule has 7 heteroatoms. The van der Waals surface area contributed by atoms with E-state index in [4.69, 9.17) is 0 Å². The molecule has 2 rings (SSSR count). The van der Waals surface area contributed by atoms with Crippen molar-refractivity contribution in [3.63, 3.8) is 0 Å². The first-order valence-corrected chi connectivity index (χ1v) is 8.56. The average molecular weight is 357 g/mol. The first kappa shape index (κ1) is 19.7. The van der Waals surface area contributed by atoms with Gasteiger partial charge in [-0.05, 0) is 25.1 Å². The molecule has 0 aliphatic heterocycles. The normalized spacial score (nSPS) is 11.4. The van der Waals surface area contributed by atoms with E-state index in [-0.39, 0.29) is 5.41 Å². The van der Waals surface area contributed by atoms with E-state index in [1.165, 1.54) is 0 Å². The minimum Gasteiger partial charge on any atom is -0.347 e. The second kappa shape index (κ2) is 8.62. The largest absolute Gasteiger partial charge is 0.347 e. The van der Waals surface area contributed by atoms with Gasteiger partial charge >= 0.3 is 11.8 Å². The molecular weight excluding hydrogens is 330 g/mol. The van der Waals surface area contributed by atoms with Crippen molar-refractivity contribution in [3.8, 4) is 0 Å². The van der Waals surface area contributed by atoms with Gasteiger partial charge in [0.15, 0.2) is 0 Å². The third-order valence-electron chi connectivity index (χ3n) is 3.81. The molecule has 0 saturated heterocycles. The SMILES string of the molecule is CN(C)CC(C)(C)CNC(=O)C(=O)Nc1ccnn1Cc1ccccc1. The molecule has 0 saturated carbocycles. The van der Waals surface area contributed by atoms with Gasteiger partial charge < -0.3 is 15.5 Å². The van der Waals surface area contributed by atoms with E-state index in [2.05, 4.69) is 15.7 Å². The Kier molecular flexibility index (Phi) is 6.52. The van der Waals surface area contributed by atoms with Crippen LogP contribution in [0.1, 0.15) is 19.4 Å². The molecule has 0 fully saturated rings. The van der Waals surface area contributed by atoms with Gasteiger partial charge in [-0.1, -0.05) is 44.2 Å². The number of anilines is 1. The highest BCUT2D eigenvalue weighted by Crippen LogP contribution is 2.14. The number of carbonyl (C=O) groups excluding carboxylic acids is 2. The number of carbonyl (C=O) groups is 2. The summed E-state index contributed by atoms with van der Waals surface area (Å²) in [6.07, 6.45) is 1.59. The molecular formula is C19H27N5O2. The van der Waals surface area contributed by atoms with E-state index in [9.17, 15) is 9.59 Å². The average Bonchev–Trinajstić information content (AvgIpc) is 2.99. The lowest BCUT2D eigenvalue weighted by atomic mass is 9.93. The van der Waals surface area contributed by atoms with E-state index in [1.807, 2.05) is 63.2 Å². The van der Waals surface area contributed by atoms with Gasteiger partial charge in [0.05, 0.1) is 12.7 Å². The zero-order valence-electron chi connectivity index (χ0n) is 15.8. The van der Waals surface area contributed by atoms with Gasteiger partial charge in [-0.2, -0.15) is 5.10 Å². The van der Waals surface area contributed by atoms with Crippen molar-refractivity contribution in [3.05, 3.63) is 48.2 Å². The Balaban J connectivity index is 1.91. The number of nitrogens with zero attached hydrogens (tertiary/aromatic N) is 3. The number of amides is 2. The number of nitrogens with one attached hydrogen (secondary N) is 2. The molecule has 1 heterocycles. The van der Waals surface area contributed by atoms with Crippen molar-refractivity contribution < 1.29 is 9.59 Å². The Hall–Kier alpha value is -2.67. The van der Waals surface area contributed by atoms with Crippen molar-refractivity contribution in [2.24, 2.45) is 5.41 Å². The fourth-order valence-corrected chi connectivity index (χ4v) is 2.81. The predicted molar refractivity (Wildman–Crippen MR) is 102 cm³/mol. The summed E-state index contributed by atoms with van der Waals surface area (Å²) in [6, 6.07) is 11.5. The zero-order valence-corrected chi connectivity index (χ0v) is 15.8. The summed E-state index contributed by atoms with van der Waals surface area (Å²) >= 11 is 0. The summed E-state index contributed by atoms with van der Waals surface area (Å²) in [5.41, 5.74) is 0.927. The molecule has 1 aromatic heterocycles. The Morgan fingerprint density at radius 1 is 1.12 bits per heavy atom. The van der Waals surface area contributed by atoms with Gasteiger partial charge in [0.1, 0.15) is 5.82 Å². The van der Waals surface area contributed by atoms with Crippen LogP contribution in [0.5, 0.6) is 0 Å². The van der Waals surface area contributed by atoms with Gasteiger partial charge in [0.2, 0.25) is 0 Å². The number of rotatable bonds is 7. The van der Waals surface area contributed by atoms with Crippen LogP contribution in [-0.4, -0.2) is 53.7 Å². The third kappa shape index (κ3) is 6.00. The molecule has 0 atom stereocenters. The lowest BCUT2D eigenvalue weighted by Gasteiger charge is -2.28. The molecule has 140 valence electrons. The number of hydrogen-bond acceptors (Lipinski definition) is 4. The van der Waals surface area contributed by atoms with Crippen LogP contribution < -0.4 is 10.6 Å². The molecule has 1 aromatic carbocycles. The van der Waals surface area contributed by atoms with Crippen LogP contribution in [0.3, 0.4) is 0 Å². The van der Waals surface area contributed by atoms with Crippen LogP contribution in [0.15, 0.2) is 42.6 Å². The van der Waals surface area contributed by atoms with Crippen LogP contribution in [0.25, 0.3) is 0 Å². The standard InChI is InChI=1S/C19H27N5O2/c1-19(2,14-23(3)4)13-20-17(25)18(26)22-16-10-11-21-24(16)12-15-8-6-5-7-9-15/h5-11H,12-14H2,1-4H3,(H,20,25)(H,22,26). The Labute approximate surface area is 154 Å². The van der Waals surface area contributed by atoms with Gasteiger partial charge in [-0.15, -0.1) is 0 Å². The van der Waals surface area contributed by atoms with Crippen molar-refractivity contribution in [2.75, 3.05) is 32.5 Å². The minimum absolute atomic E-state index is 0.130. The van der Waals surface area contributed by atoms with Crippen molar-refractivity contribution in [1.82, 2.24) is 20.0 Å². The Morgan fingerprint density at radius 2 is 1.81 bits per heavy atom. The first-order chi connectivity index (χ1) is 12.3. The molecule has 7 nitrogen and oxygen atoms in total. The molecule has 2 N–H and O–H groups in total. The van der Waals surface area contributed by atoms with E-state index >= 15 is 0 Å². The van der Waals surface area contributed by atoms with E-state index in [0.29, 0.717) is 18.9 Å². The first-order valence-electron chi connectivity index (χ1n) is 8.56. The molecule has 0 radical (unpaired) electrons. The summed E-state index contributed by atoms with van der Waals surface area (Å²) in [7, 11) is 3.95. The summed E-state index contributed by atoms with van der Waals surface area (Å²) < 4.78 is 1.65. The highest BCUT2D eigenvalue weighted by Gasteiger charge is 2.22. The lowest BCUT2D eigenvalue weighted by molar-refractivity contribution is -0.136. The van der Waals surface area contributed by atoms with Crippen LogP contribution >= 0.6 is 0 Å². The van der Waals surface area contributed by atoms with E-state index < -0.39 is 11.8 Å². The second-order valence-corrected chi connectivity index (χ2v) is 7.40. The topological polar surface area (TPSA) is 79.3 Å². The molecule has 26 heavy (non-hydrogen) atoms. The van der Waals surface area contributed by atoms with Crippen LogP contribution in [0.2, 0.25) is 0 Å². The van der Waals surface area contributed by atoms with Crippen LogP contribution in [0, 0.1) is 5.41 Å². The highest BCUT2D eigenvalue weighted by molar-refractivity contribution is 6.39. The van der Waals surface area contributed by atoms with Crippen molar-refractivity contribution in [1.29, 1.82) is 0 Å². The quantitative estimate of drug-likeness (QED) is 0.738. The Bertz CT molecular complexity index is 737. The molecule has 2 amide bonds. The van der Waals surface area contributed by atoms with Gasteiger partial charge in [0.25, 0.3) is 0 Å². The fourth-order valence-electron chi connectivity index (χ4n) is 2.81. The van der Waals surface area contributed by atoms with Crippen molar-refractivity contribution in [2.45, 2.75) is 20.4 Å². The maximum Gasteiger partial charge on any atom is 0.314 e. The number of benzene rings is 1. The number of aromatic nitrogens is 2. The highest BCUT2D eigenvalue weighted by atomic mass is 16.2. The van der Waals surface area contributed by atoms with Gasteiger partial charge in [0, 0.05) is 19.2 Å². The number of hydrogen-bond donors (Lipinski definition) is 2. The second-order valence-electron chi connectivity index (χ2n) is 7.40. The smallest absolute Gasteiger partial charge is 0.314 e. The lowest BCUT2D eigenvalue weighted by Crippen LogP contribution is -2.43. The van der Waals surface area contributed by atoms with E-state index in [1.54, 1.807) is 16.9 Å². The summed E-state index contributed by atoms with van der Waals surface area (Å²) in [5, 5.41) is 9.54. The van der Waals surface area contributed by atoms with Crippen molar-refractivity contribution >= 4 is 17.6 Å². The summed E-state index contributed by atoms with van der Waals surface area (Å²) in [5.74, 6) is -0.855. The maximum absolute atomic E-state index is 12.2. The zero-order chi connectivity index (χ0) is 19.2. The molecule has 0 spiro atoms. The molecule has 2 aromatic rings. The molecule has 0 bridgehead atoms. The summed E-state index contributed by atoms with van der Waals surface area (Å²) in [6.45, 7) is 5.82. The summed E-state index contributed by atoms with van der Waals surface area (Å²) in [4.78, 5) is 26.3. The fraction of sp³-hybridized carbons (Fsp3) is 0.421. The van der Waals surface area contributed by atoms with Crippen LogP contribution in [0.4, 0.5) is 5.82 Å². The minimum atomic E-state index is -0.694. The molecule has 0 unspecified atom stereocenters. The Morgan fingerprint density at radius 3 is 2.46 bits per heavy atom. The maximum atomic E-state index is 12.2. The van der Waals surface area contributed by atoms with Crippen LogP contribution in [-0.2, 0) is 16.1 Å². The predicted octanol–water partition coefficient (Wildman–Crippen LogP) is 1.57. The van der Waals surface area contributed by atoms with Gasteiger partial charge in [-0.25, -0.2) is 4.68 Å². The van der Waals surface area contributed by atoms with E-state index in [0.717, 1.165) is 12.1 Å².